The highest BCUT2D eigenvalue weighted by molar-refractivity contribution is 6.00. The van der Waals surface area contributed by atoms with Gasteiger partial charge in [-0.3, -0.25) is 0 Å². The standard InChI is InChI=1S/C67H48N2/c1-5-21-50(22-6-1)65-60-32-16-18-34-64(60)69(66(65)51-23-7-2-8-24-51)55-42-38-48(39-43-55)47-36-40-54(41-37-47)68(63-35-19-25-49-20-13-14-30-57(49)63)56-44-45-59-58-31-15-17-33-61(58)67(62(59)46-56,52-26-9-3-10-27-52)53-28-11-4-12-29-53/h1-46,65-66H. The molecule has 0 saturated carbocycles. The van der Waals surface area contributed by atoms with Crippen LogP contribution in [0, 0.1) is 0 Å². The molecule has 0 aromatic heterocycles. The Morgan fingerprint density at radius 1 is 0.377 bits per heavy atom. The molecule has 69 heavy (non-hydrogen) atoms. The first-order valence-electron chi connectivity index (χ1n) is 24.1. The van der Waals surface area contributed by atoms with Crippen LogP contribution in [0.15, 0.2) is 279 Å². The predicted molar refractivity (Wildman–Crippen MR) is 287 cm³/mol. The lowest BCUT2D eigenvalue weighted by molar-refractivity contribution is 0.658. The molecule has 326 valence electrons. The van der Waals surface area contributed by atoms with E-state index in [1.807, 2.05) is 0 Å². The average molecular weight is 881 g/mol. The van der Waals surface area contributed by atoms with E-state index in [9.17, 15) is 0 Å². The fourth-order valence-corrected chi connectivity index (χ4v) is 11.8. The molecule has 2 nitrogen and oxygen atoms in total. The van der Waals surface area contributed by atoms with Crippen LogP contribution in [0.5, 0.6) is 0 Å². The normalized spacial score (nSPS) is 15.3. The van der Waals surface area contributed by atoms with E-state index >= 15 is 0 Å². The highest BCUT2D eigenvalue weighted by atomic mass is 15.2. The zero-order valence-electron chi connectivity index (χ0n) is 38.1. The molecule has 0 fully saturated rings. The van der Waals surface area contributed by atoms with Gasteiger partial charge < -0.3 is 9.80 Å². The lowest BCUT2D eigenvalue weighted by Crippen LogP contribution is -2.28. The summed E-state index contributed by atoms with van der Waals surface area (Å²) in [6.07, 6.45) is 0. The van der Waals surface area contributed by atoms with E-state index < -0.39 is 5.41 Å². The van der Waals surface area contributed by atoms with Crippen molar-refractivity contribution in [1.29, 1.82) is 0 Å². The quantitative estimate of drug-likeness (QED) is 0.143. The zero-order chi connectivity index (χ0) is 45.7. The Hall–Kier alpha value is -8.72. The first kappa shape index (κ1) is 40.5. The second-order valence-corrected chi connectivity index (χ2v) is 18.4. The maximum Gasteiger partial charge on any atom is 0.0714 e. The third-order valence-corrected chi connectivity index (χ3v) is 14.7. The van der Waals surface area contributed by atoms with Crippen LogP contribution in [-0.2, 0) is 5.41 Å². The number of fused-ring (bicyclic) bond motifs is 5. The minimum Gasteiger partial charge on any atom is -0.333 e. The van der Waals surface area contributed by atoms with Crippen molar-refractivity contribution in [2.45, 2.75) is 17.4 Å². The fourth-order valence-electron chi connectivity index (χ4n) is 11.8. The first-order chi connectivity index (χ1) is 34.3. The summed E-state index contributed by atoms with van der Waals surface area (Å²) in [5, 5.41) is 2.41. The second kappa shape index (κ2) is 16.9. The topological polar surface area (TPSA) is 6.48 Å². The zero-order valence-corrected chi connectivity index (χ0v) is 38.1. The van der Waals surface area contributed by atoms with Crippen molar-refractivity contribution in [1.82, 2.24) is 0 Å². The van der Waals surface area contributed by atoms with Crippen LogP contribution in [0.3, 0.4) is 0 Å². The van der Waals surface area contributed by atoms with Crippen LogP contribution in [0.25, 0.3) is 33.0 Å². The van der Waals surface area contributed by atoms with Crippen LogP contribution in [0.4, 0.5) is 28.4 Å². The van der Waals surface area contributed by atoms with Gasteiger partial charge in [0.15, 0.2) is 0 Å². The second-order valence-electron chi connectivity index (χ2n) is 18.4. The monoisotopic (exact) mass is 880 g/mol. The van der Waals surface area contributed by atoms with Gasteiger partial charge in [0, 0.05) is 34.1 Å². The van der Waals surface area contributed by atoms with Crippen molar-refractivity contribution < 1.29 is 0 Å². The molecule has 2 atom stereocenters. The van der Waals surface area contributed by atoms with Gasteiger partial charge >= 0.3 is 0 Å². The van der Waals surface area contributed by atoms with Crippen molar-refractivity contribution >= 4 is 39.2 Å². The van der Waals surface area contributed by atoms with Crippen LogP contribution >= 0.6 is 0 Å². The van der Waals surface area contributed by atoms with E-state index in [4.69, 9.17) is 0 Å². The van der Waals surface area contributed by atoms with Gasteiger partial charge in [0.05, 0.1) is 17.1 Å². The SMILES string of the molecule is c1ccc(C2c3ccccc3N(c3ccc(-c4ccc(N(c5ccc6c(c5)C(c5ccccc5)(c5ccccc5)c5ccccc5-6)c5cccc6ccccc56)cc4)cc3)C2c2ccccc2)cc1. The highest BCUT2D eigenvalue weighted by Crippen LogP contribution is 2.58. The van der Waals surface area contributed by atoms with Crippen LogP contribution in [-0.4, -0.2) is 0 Å². The average Bonchev–Trinajstić information content (AvgIpc) is 3.93. The Balaban J connectivity index is 0.917. The molecule has 2 aliphatic rings. The highest BCUT2D eigenvalue weighted by Gasteiger charge is 2.46. The maximum absolute atomic E-state index is 2.55. The van der Waals surface area contributed by atoms with Gasteiger partial charge in [-0.2, -0.15) is 0 Å². The summed E-state index contributed by atoms with van der Waals surface area (Å²) in [4.78, 5) is 5.01. The molecule has 0 bridgehead atoms. The molecule has 0 saturated heterocycles. The van der Waals surface area contributed by atoms with Gasteiger partial charge in [-0.15, -0.1) is 0 Å². The van der Waals surface area contributed by atoms with Gasteiger partial charge in [0.2, 0.25) is 0 Å². The molecule has 0 amide bonds. The minimum atomic E-state index is -0.508. The van der Waals surface area contributed by atoms with Gasteiger partial charge in [-0.05, 0) is 115 Å². The summed E-state index contributed by atoms with van der Waals surface area (Å²) in [5.41, 5.74) is 19.2. The number of hydrogen-bond acceptors (Lipinski definition) is 2. The summed E-state index contributed by atoms with van der Waals surface area (Å²) in [6, 6.07) is 103. The van der Waals surface area contributed by atoms with Gasteiger partial charge in [0.1, 0.15) is 0 Å². The van der Waals surface area contributed by atoms with Crippen molar-refractivity contribution in [3.63, 3.8) is 0 Å². The lowest BCUT2D eigenvalue weighted by atomic mass is 9.67. The fraction of sp³-hybridized carbons (Fsp3) is 0.0448. The minimum absolute atomic E-state index is 0.107. The molecule has 2 unspecified atom stereocenters. The van der Waals surface area contributed by atoms with E-state index in [2.05, 4.69) is 289 Å². The molecule has 1 aliphatic heterocycles. The predicted octanol–water partition coefficient (Wildman–Crippen LogP) is 17.4. The number of benzene rings is 11. The largest absolute Gasteiger partial charge is 0.333 e. The molecule has 0 spiro atoms. The summed E-state index contributed by atoms with van der Waals surface area (Å²) in [5.74, 6) is 0.191. The number of para-hydroxylation sites is 1. The van der Waals surface area contributed by atoms with Gasteiger partial charge in [-0.25, -0.2) is 0 Å². The van der Waals surface area contributed by atoms with Crippen molar-refractivity contribution in [2.75, 3.05) is 9.80 Å². The number of anilines is 5. The molecular weight excluding hydrogens is 833 g/mol. The Labute approximate surface area is 404 Å². The molecule has 0 radical (unpaired) electrons. The van der Waals surface area contributed by atoms with Crippen molar-refractivity contribution in [3.05, 3.63) is 318 Å². The first-order valence-corrected chi connectivity index (χ1v) is 24.1. The Morgan fingerprint density at radius 2 is 0.913 bits per heavy atom. The van der Waals surface area contributed by atoms with Crippen molar-refractivity contribution in [3.8, 4) is 22.3 Å². The van der Waals surface area contributed by atoms with E-state index in [0.29, 0.717) is 0 Å². The summed E-state index contributed by atoms with van der Waals surface area (Å²) in [6.45, 7) is 0. The molecule has 11 aromatic rings. The Morgan fingerprint density at radius 3 is 1.62 bits per heavy atom. The maximum atomic E-state index is 2.55. The molecule has 11 aromatic carbocycles. The van der Waals surface area contributed by atoms with E-state index in [0.717, 1.165) is 17.1 Å². The molecular formula is C67H48N2. The van der Waals surface area contributed by atoms with Crippen LogP contribution in [0.2, 0.25) is 0 Å². The number of nitrogens with zero attached hydrogens (tertiary/aromatic N) is 2. The summed E-state index contributed by atoms with van der Waals surface area (Å²) in [7, 11) is 0. The number of rotatable bonds is 9. The number of hydrogen-bond donors (Lipinski definition) is 0. The Kier molecular flexibility index (Phi) is 9.91. The van der Waals surface area contributed by atoms with Crippen molar-refractivity contribution in [2.24, 2.45) is 0 Å². The summed E-state index contributed by atoms with van der Waals surface area (Å²) >= 11 is 0. The molecule has 1 heterocycles. The molecule has 2 heteroatoms. The molecule has 13 rings (SSSR count). The van der Waals surface area contributed by atoms with Crippen LogP contribution < -0.4 is 9.80 Å². The van der Waals surface area contributed by atoms with Gasteiger partial charge in [-0.1, -0.05) is 231 Å². The lowest BCUT2D eigenvalue weighted by Gasteiger charge is -2.35. The van der Waals surface area contributed by atoms with Gasteiger partial charge in [0.25, 0.3) is 0 Å². The smallest absolute Gasteiger partial charge is 0.0714 e. The third-order valence-electron chi connectivity index (χ3n) is 14.7. The summed E-state index contributed by atoms with van der Waals surface area (Å²) < 4.78 is 0. The molecule has 0 N–H and O–H groups in total. The van der Waals surface area contributed by atoms with E-state index in [1.165, 1.54) is 83.3 Å². The molecule has 1 aliphatic carbocycles. The third kappa shape index (κ3) is 6.63. The van der Waals surface area contributed by atoms with E-state index in [1.54, 1.807) is 0 Å². The Bertz CT molecular complexity index is 3560. The van der Waals surface area contributed by atoms with Crippen LogP contribution in [0.1, 0.15) is 50.9 Å². The van der Waals surface area contributed by atoms with E-state index in [-0.39, 0.29) is 12.0 Å².